The number of aromatic nitrogens is 2. The highest BCUT2D eigenvalue weighted by atomic mass is 32.2. The van der Waals surface area contributed by atoms with Crippen molar-refractivity contribution >= 4 is 32.4 Å². The van der Waals surface area contributed by atoms with E-state index in [1.807, 2.05) is 25.1 Å². The fraction of sp³-hybridized carbons (Fsp3) is 0.154. The van der Waals surface area contributed by atoms with Crippen molar-refractivity contribution in [3.8, 4) is 0 Å². The van der Waals surface area contributed by atoms with Gasteiger partial charge in [-0.15, -0.1) is 11.3 Å². The summed E-state index contributed by atoms with van der Waals surface area (Å²) in [4.78, 5) is 7.45. The summed E-state index contributed by atoms with van der Waals surface area (Å²) in [6.45, 7) is 2.15. The number of sulfonamides is 1. The molecule has 0 aliphatic heterocycles. The van der Waals surface area contributed by atoms with Gasteiger partial charge in [-0.2, -0.15) is 0 Å². The highest BCUT2D eigenvalue weighted by molar-refractivity contribution is 7.91. The molecule has 2 aromatic heterocycles. The number of thiophene rings is 1. The lowest BCUT2D eigenvalue weighted by molar-refractivity contribution is 0.583. The summed E-state index contributed by atoms with van der Waals surface area (Å²) in [7, 11) is -3.42. The Bertz CT molecular complexity index is 836. The lowest BCUT2D eigenvalue weighted by atomic mass is 10.2. The number of fused-ring (bicyclic) bond motifs is 1. The van der Waals surface area contributed by atoms with E-state index in [1.165, 1.54) is 11.3 Å². The van der Waals surface area contributed by atoms with Gasteiger partial charge in [-0.1, -0.05) is 12.1 Å². The summed E-state index contributed by atoms with van der Waals surface area (Å²) in [6.07, 6.45) is 0. The number of H-pyrrole nitrogens is 1. The first-order valence-electron chi connectivity index (χ1n) is 6.03. The molecule has 0 atom stereocenters. The molecule has 2 heterocycles. The zero-order valence-electron chi connectivity index (χ0n) is 10.8. The normalized spacial score (nSPS) is 12.1. The minimum Gasteiger partial charge on any atom is -0.342 e. The van der Waals surface area contributed by atoms with Gasteiger partial charge in [0.25, 0.3) is 0 Å². The number of hydrogen-bond donors (Lipinski definition) is 2. The van der Waals surface area contributed by atoms with Gasteiger partial charge in [-0.3, -0.25) is 0 Å². The van der Waals surface area contributed by atoms with Gasteiger partial charge >= 0.3 is 0 Å². The molecule has 1 aromatic carbocycles. The molecule has 0 fully saturated rings. The molecule has 0 amide bonds. The van der Waals surface area contributed by atoms with Crippen LogP contribution in [0.2, 0.25) is 0 Å². The number of aromatic amines is 1. The van der Waals surface area contributed by atoms with Crippen LogP contribution in [0.25, 0.3) is 11.0 Å². The third kappa shape index (κ3) is 2.60. The summed E-state index contributed by atoms with van der Waals surface area (Å²) in [6, 6.07) is 8.98. The summed E-state index contributed by atoms with van der Waals surface area (Å²) in [5, 5.41) is 1.74. The Labute approximate surface area is 120 Å². The molecule has 3 rings (SSSR count). The van der Waals surface area contributed by atoms with Crippen LogP contribution in [0.3, 0.4) is 0 Å². The molecular formula is C13H13N3O2S2. The lowest BCUT2D eigenvalue weighted by Gasteiger charge is -2.04. The summed E-state index contributed by atoms with van der Waals surface area (Å²) in [5.41, 5.74) is 2.68. The van der Waals surface area contributed by atoms with Crippen molar-refractivity contribution < 1.29 is 8.42 Å². The molecule has 20 heavy (non-hydrogen) atoms. The van der Waals surface area contributed by atoms with Gasteiger partial charge in [0, 0.05) is 6.54 Å². The number of nitrogens with one attached hydrogen (secondary N) is 2. The van der Waals surface area contributed by atoms with Crippen LogP contribution in [0.1, 0.15) is 11.4 Å². The van der Waals surface area contributed by atoms with Crippen molar-refractivity contribution in [1.82, 2.24) is 14.7 Å². The Balaban J connectivity index is 1.80. The highest BCUT2D eigenvalue weighted by Crippen LogP contribution is 2.17. The molecular weight excluding hydrogens is 294 g/mol. The molecule has 104 valence electrons. The monoisotopic (exact) mass is 307 g/mol. The minimum absolute atomic E-state index is 0.258. The topological polar surface area (TPSA) is 74.8 Å². The first-order valence-corrected chi connectivity index (χ1v) is 8.39. The molecule has 0 radical (unpaired) electrons. The van der Waals surface area contributed by atoms with E-state index in [-0.39, 0.29) is 6.54 Å². The Morgan fingerprint density at radius 1 is 1.35 bits per heavy atom. The fourth-order valence-electron chi connectivity index (χ4n) is 1.96. The molecule has 0 unspecified atom stereocenters. The SMILES string of the molecule is Cc1nc2ccc(CNS(=O)(=O)c3cccs3)cc2[nH]1. The van der Waals surface area contributed by atoms with E-state index >= 15 is 0 Å². The fourth-order valence-corrected chi connectivity index (χ4v) is 4.02. The van der Waals surface area contributed by atoms with E-state index in [4.69, 9.17) is 0 Å². The molecule has 5 nitrogen and oxygen atoms in total. The molecule has 3 aromatic rings. The minimum atomic E-state index is -3.42. The second-order valence-corrected chi connectivity index (χ2v) is 7.37. The molecule has 0 aliphatic rings. The van der Waals surface area contributed by atoms with Crippen LogP contribution in [-0.2, 0) is 16.6 Å². The van der Waals surface area contributed by atoms with Crippen LogP contribution >= 0.6 is 11.3 Å². The van der Waals surface area contributed by atoms with E-state index in [0.29, 0.717) is 4.21 Å². The van der Waals surface area contributed by atoms with Gasteiger partial charge in [0.2, 0.25) is 10.0 Å². The van der Waals surface area contributed by atoms with Crippen molar-refractivity contribution in [1.29, 1.82) is 0 Å². The second kappa shape index (κ2) is 5.01. The maximum absolute atomic E-state index is 12.0. The summed E-state index contributed by atoms with van der Waals surface area (Å²) in [5.74, 6) is 0.844. The average molecular weight is 307 g/mol. The van der Waals surface area contributed by atoms with Crippen molar-refractivity contribution in [2.75, 3.05) is 0 Å². The standard InChI is InChI=1S/C13H13N3O2S2/c1-9-15-11-5-4-10(7-12(11)16-9)8-14-20(17,18)13-3-2-6-19-13/h2-7,14H,8H2,1H3,(H,15,16). The van der Waals surface area contributed by atoms with Crippen LogP contribution < -0.4 is 4.72 Å². The first kappa shape index (κ1) is 13.3. The predicted molar refractivity (Wildman–Crippen MR) is 79.2 cm³/mol. The summed E-state index contributed by atoms with van der Waals surface area (Å²) >= 11 is 1.20. The summed E-state index contributed by atoms with van der Waals surface area (Å²) < 4.78 is 27.0. The smallest absolute Gasteiger partial charge is 0.250 e. The van der Waals surface area contributed by atoms with Gasteiger partial charge in [0.05, 0.1) is 11.0 Å². The molecule has 0 saturated heterocycles. The van der Waals surface area contributed by atoms with Crippen molar-refractivity contribution in [2.24, 2.45) is 0 Å². The van der Waals surface area contributed by atoms with E-state index < -0.39 is 10.0 Å². The van der Waals surface area contributed by atoms with E-state index in [2.05, 4.69) is 14.7 Å². The Hall–Kier alpha value is -1.70. The largest absolute Gasteiger partial charge is 0.342 e. The van der Waals surface area contributed by atoms with Gasteiger partial charge < -0.3 is 4.98 Å². The average Bonchev–Trinajstić information content (AvgIpc) is 3.04. The predicted octanol–water partition coefficient (Wildman–Crippen LogP) is 2.41. The molecule has 0 spiro atoms. The zero-order chi connectivity index (χ0) is 14.2. The van der Waals surface area contributed by atoms with Crippen LogP contribution in [0, 0.1) is 6.92 Å². The number of rotatable bonds is 4. The molecule has 0 bridgehead atoms. The molecule has 2 N–H and O–H groups in total. The molecule has 7 heteroatoms. The Morgan fingerprint density at radius 2 is 2.20 bits per heavy atom. The number of benzene rings is 1. The third-order valence-electron chi connectivity index (χ3n) is 2.89. The molecule has 0 aliphatic carbocycles. The first-order chi connectivity index (χ1) is 9.54. The zero-order valence-corrected chi connectivity index (χ0v) is 12.4. The highest BCUT2D eigenvalue weighted by Gasteiger charge is 2.14. The molecule has 0 saturated carbocycles. The van der Waals surface area contributed by atoms with Gasteiger partial charge in [0.1, 0.15) is 10.0 Å². The third-order valence-corrected chi connectivity index (χ3v) is 5.69. The van der Waals surface area contributed by atoms with Crippen LogP contribution in [0.5, 0.6) is 0 Å². The van der Waals surface area contributed by atoms with Gasteiger partial charge in [-0.05, 0) is 36.1 Å². The lowest BCUT2D eigenvalue weighted by Crippen LogP contribution is -2.22. The Morgan fingerprint density at radius 3 is 2.95 bits per heavy atom. The van der Waals surface area contributed by atoms with Crippen LogP contribution in [-0.4, -0.2) is 18.4 Å². The van der Waals surface area contributed by atoms with Crippen LogP contribution in [0.15, 0.2) is 39.9 Å². The van der Waals surface area contributed by atoms with Gasteiger partial charge in [0.15, 0.2) is 0 Å². The van der Waals surface area contributed by atoms with E-state index in [1.54, 1.807) is 17.5 Å². The number of imidazole rings is 1. The van der Waals surface area contributed by atoms with Crippen molar-refractivity contribution in [3.63, 3.8) is 0 Å². The Kier molecular flexibility index (Phi) is 3.33. The van der Waals surface area contributed by atoms with Crippen LogP contribution in [0.4, 0.5) is 0 Å². The second-order valence-electron chi connectivity index (χ2n) is 4.43. The quantitative estimate of drug-likeness (QED) is 0.777. The van der Waals surface area contributed by atoms with Gasteiger partial charge in [-0.25, -0.2) is 18.1 Å². The maximum Gasteiger partial charge on any atom is 0.250 e. The number of hydrogen-bond acceptors (Lipinski definition) is 4. The number of aryl methyl sites for hydroxylation is 1. The van der Waals surface area contributed by atoms with Crippen molar-refractivity contribution in [2.45, 2.75) is 17.7 Å². The maximum atomic E-state index is 12.0. The van der Waals surface area contributed by atoms with E-state index in [0.717, 1.165) is 22.4 Å². The number of nitrogens with zero attached hydrogens (tertiary/aromatic N) is 1. The van der Waals surface area contributed by atoms with Crippen molar-refractivity contribution in [3.05, 3.63) is 47.1 Å². The van der Waals surface area contributed by atoms with E-state index in [9.17, 15) is 8.42 Å².